The summed E-state index contributed by atoms with van der Waals surface area (Å²) in [5.74, 6) is 0. The molecule has 0 atom stereocenters. The van der Waals surface area contributed by atoms with Gasteiger partial charge < -0.3 is 20.3 Å². The normalized spacial score (nSPS) is 15.4. The highest BCUT2D eigenvalue weighted by Gasteiger charge is 2.19. The Morgan fingerprint density at radius 1 is 1.14 bits per heavy atom. The number of likely N-dealkylation sites (tertiary alicyclic amines) is 1. The van der Waals surface area contributed by atoms with Crippen LogP contribution in [0.1, 0.15) is 29.8 Å². The Morgan fingerprint density at radius 3 is 2.50 bits per heavy atom. The maximum atomic E-state index is 12.1. The van der Waals surface area contributed by atoms with Gasteiger partial charge in [0.1, 0.15) is 0 Å². The second-order valence-corrected chi connectivity index (χ2v) is 7.36. The molecule has 0 unspecified atom stereocenters. The largest absolute Gasteiger partial charge is 0.373 e. The van der Waals surface area contributed by atoms with Crippen LogP contribution >= 0.6 is 0 Å². The van der Waals surface area contributed by atoms with Gasteiger partial charge in [-0.1, -0.05) is 30.3 Å². The minimum Gasteiger partial charge on any atom is -0.373 e. The number of piperidine rings is 1. The molecule has 0 aliphatic carbocycles. The first-order valence-electron chi connectivity index (χ1n) is 9.96. The molecule has 0 bridgehead atoms. The van der Waals surface area contributed by atoms with Gasteiger partial charge in [-0.05, 0) is 44.4 Å². The van der Waals surface area contributed by atoms with Crippen molar-refractivity contribution in [2.75, 3.05) is 31.5 Å². The molecule has 2 aromatic rings. The third-order valence-corrected chi connectivity index (χ3v) is 4.92. The molecular formula is C22H30N4O2. The number of aromatic nitrogens is 1. The summed E-state index contributed by atoms with van der Waals surface area (Å²) in [7, 11) is 0. The van der Waals surface area contributed by atoms with Crippen molar-refractivity contribution in [3.63, 3.8) is 0 Å². The number of carbonyl (C=O) groups excluding carboxylic acids is 1. The van der Waals surface area contributed by atoms with Gasteiger partial charge in [0.2, 0.25) is 0 Å². The topological polar surface area (TPSA) is 66.5 Å². The van der Waals surface area contributed by atoms with Crippen molar-refractivity contribution in [2.45, 2.75) is 39.4 Å². The zero-order chi connectivity index (χ0) is 19.8. The monoisotopic (exact) mass is 382 g/mol. The van der Waals surface area contributed by atoms with Crippen molar-refractivity contribution in [2.24, 2.45) is 0 Å². The number of urea groups is 1. The maximum absolute atomic E-state index is 12.1. The van der Waals surface area contributed by atoms with Crippen LogP contribution in [0.4, 0.5) is 10.5 Å². The van der Waals surface area contributed by atoms with Crippen LogP contribution < -0.4 is 10.6 Å². The van der Waals surface area contributed by atoms with E-state index in [1.165, 1.54) is 5.56 Å². The van der Waals surface area contributed by atoms with Gasteiger partial charge in [0.25, 0.3) is 0 Å². The zero-order valence-electron chi connectivity index (χ0n) is 16.8. The SMILES string of the molecule is Cc1cc(NC(=O)NCCN2CCC(OCc3ccccc3)CC2)cc(C)n1. The molecule has 1 saturated heterocycles. The first-order valence-corrected chi connectivity index (χ1v) is 9.96. The van der Waals surface area contributed by atoms with E-state index in [-0.39, 0.29) is 6.03 Å². The van der Waals surface area contributed by atoms with Crippen molar-refractivity contribution >= 4 is 11.7 Å². The second-order valence-electron chi connectivity index (χ2n) is 7.36. The van der Waals surface area contributed by atoms with Gasteiger partial charge in [0.05, 0.1) is 12.7 Å². The number of amides is 2. The quantitative estimate of drug-likeness (QED) is 0.769. The van der Waals surface area contributed by atoms with Crippen LogP contribution in [0.2, 0.25) is 0 Å². The zero-order valence-corrected chi connectivity index (χ0v) is 16.8. The lowest BCUT2D eigenvalue weighted by atomic mass is 10.1. The molecule has 28 heavy (non-hydrogen) atoms. The Balaban J connectivity index is 1.30. The average Bonchev–Trinajstić information content (AvgIpc) is 2.67. The Labute approximate surface area is 167 Å². The first kappa shape index (κ1) is 20.3. The molecule has 1 aromatic carbocycles. The molecule has 0 spiro atoms. The van der Waals surface area contributed by atoms with E-state index in [2.05, 4.69) is 32.7 Å². The minimum atomic E-state index is -0.175. The van der Waals surface area contributed by atoms with Gasteiger partial charge in [-0.15, -0.1) is 0 Å². The van der Waals surface area contributed by atoms with Crippen LogP contribution in [0.3, 0.4) is 0 Å². The van der Waals surface area contributed by atoms with Crippen LogP contribution in [0, 0.1) is 13.8 Å². The van der Waals surface area contributed by atoms with Crippen molar-refractivity contribution in [3.05, 3.63) is 59.4 Å². The van der Waals surface area contributed by atoms with Crippen molar-refractivity contribution < 1.29 is 9.53 Å². The highest BCUT2D eigenvalue weighted by atomic mass is 16.5. The highest BCUT2D eigenvalue weighted by molar-refractivity contribution is 5.89. The summed E-state index contributed by atoms with van der Waals surface area (Å²) in [6, 6.07) is 13.9. The summed E-state index contributed by atoms with van der Waals surface area (Å²) < 4.78 is 6.03. The van der Waals surface area contributed by atoms with Crippen molar-refractivity contribution in [1.82, 2.24) is 15.2 Å². The predicted octanol–water partition coefficient (Wildman–Crippen LogP) is 3.50. The van der Waals surface area contributed by atoms with Crippen molar-refractivity contribution in [1.29, 1.82) is 0 Å². The molecule has 6 heteroatoms. The number of carbonyl (C=O) groups is 1. The average molecular weight is 383 g/mol. The molecule has 2 heterocycles. The summed E-state index contributed by atoms with van der Waals surface area (Å²) in [5, 5.41) is 5.80. The van der Waals surface area contributed by atoms with Gasteiger partial charge in [0.15, 0.2) is 0 Å². The van der Waals surface area contributed by atoms with Crippen LogP contribution in [0.5, 0.6) is 0 Å². The number of pyridine rings is 1. The molecule has 6 nitrogen and oxygen atoms in total. The third-order valence-electron chi connectivity index (χ3n) is 4.92. The maximum Gasteiger partial charge on any atom is 0.319 e. The van der Waals surface area contributed by atoms with Crippen molar-refractivity contribution in [3.8, 4) is 0 Å². The van der Waals surface area contributed by atoms with E-state index >= 15 is 0 Å². The highest BCUT2D eigenvalue weighted by Crippen LogP contribution is 2.15. The molecule has 2 N–H and O–H groups in total. The molecule has 3 rings (SSSR count). The summed E-state index contributed by atoms with van der Waals surface area (Å²) >= 11 is 0. The number of benzene rings is 1. The number of nitrogens with one attached hydrogen (secondary N) is 2. The Morgan fingerprint density at radius 2 is 1.82 bits per heavy atom. The first-order chi connectivity index (χ1) is 13.6. The minimum absolute atomic E-state index is 0.175. The van der Waals surface area contributed by atoms with E-state index in [1.54, 1.807) is 0 Å². The molecule has 0 radical (unpaired) electrons. The molecule has 2 amide bonds. The van der Waals surface area contributed by atoms with E-state index in [9.17, 15) is 4.79 Å². The fourth-order valence-electron chi connectivity index (χ4n) is 3.50. The van der Waals surface area contributed by atoms with Gasteiger partial charge in [-0.2, -0.15) is 0 Å². The lowest BCUT2D eigenvalue weighted by molar-refractivity contribution is -0.00205. The van der Waals surface area contributed by atoms with E-state index in [4.69, 9.17) is 4.74 Å². The summed E-state index contributed by atoms with van der Waals surface area (Å²) in [6.45, 7) is 8.02. The lowest BCUT2D eigenvalue weighted by Gasteiger charge is -2.31. The van der Waals surface area contributed by atoms with Crippen LogP contribution in [-0.4, -0.2) is 48.2 Å². The number of ether oxygens (including phenoxy) is 1. The van der Waals surface area contributed by atoms with E-state index in [0.717, 1.165) is 49.6 Å². The number of anilines is 1. The number of nitrogens with zero attached hydrogens (tertiary/aromatic N) is 2. The molecular weight excluding hydrogens is 352 g/mol. The van der Waals surface area contributed by atoms with Gasteiger partial charge >= 0.3 is 6.03 Å². The fraction of sp³-hybridized carbons (Fsp3) is 0.455. The molecule has 150 valence electrons. The van der Waals surface area contributed by atoms with E-state index in [0.29, 0.717) is 19.3 Å². The number of hydrogen-bond acceptors (Lipinski definition) is 4. The molecule has 1 fully saturated rings. The molecule has 1 aliphatic heterocycles. The van der Waals surface area contributed by atoms with Gasteiger partial charge in [-0.25, -0.2) is 4.79 Å². The van der Waals surface area contributed by atoms with Crippen LogP contribution in [0.25, 0.3) is 0 Å². The van der Waals surface area contributed by atoms with E-state index < -0.39 is 0 Å². The standard InChI is InChI=1S/C22H30N4O2/c1-17-14-20(15-18(2)24-17)25-22(27)23-10-13-26-11-8-21(9-12-26)28-16-19-6-4-3-5-7-19/h3-7,14-15,21H,8-13,16H2,1-2H3,(H2,23,24,25,27). The molecule has 1 aliphatic rings. The third kappa shape index (κ3) is 6.62. The smallest absolute Gasteiger partial charge is 0.319 e. The van der Waals surface area contributed by atoms with E-state index in [1.807, 2.05) is 44.2 Å². The number of hydrogen-bond donors (Lipinski definition) is 2. The summed E-state index contributed by atoms with van der Waals surface area (Å²) in [4.78, 5) is 18.8. The fourth-order valence-corrected chi connectivity index (χ4v) is 3.50. The summed E-state index contributed by atoms with van der Waals surface area (Å²) in [6.07, 6.45) is 2.40. The Hall–Kier alpha value is -2.44. The predicted molar refractivity (Wildman–Crippen MR) is 111 cm³/mol. The van der Waals surface area contributed by atoms with Gasteiger partial charge in [-0.3, -0.25) is 4.98 Å². The Kier molecular flexibility index (Phi) is 7.39. The van der Waals surface area contributed by atoms with Gasteiger partial charge in [0, 0.05) is 43.3 Å². The lowest BCUT2D eigenvalue weighted by Crippen LogP contribution is -2.42. The van der Waals surface area contributed by atoms with Crippen LogP contribution in [0.15, 0.2) is 42.5 Å². The summed E-state index contributed by atoms with van der Waals surface area (Å²) in [5.41, 5.74) is 3.79. The number of rotatable bonds is 7. The molecule has 0 saturated carbocycles. The Bertz CT molecular complexity index is 738. The molecule has 1 aromatic heterocycles. The number of aryl methyl sites for hydroxylation is 2. The van der Waals surface area contributed by atoms with Crippen LogP contribution in [-0.2, 0) is 11.3 Å². The second kappa shape index (κ2) is 10.2.